The summed E-state index contributed by atoms with van der Waals surface area (Å²) in [7, 11) is -4.74. The Morgan fingerprint density at radius 1 is 0.571 bits per heavy atom. The maximum Gasteiger partial charge on any atom is 0.472 e. The molecule has 0 heterocycles. The molecule has 0 saturated carbocycles. The Balaban J connectivity index is 4.60. The van der Waals surface area contributed by atoms with Crippen LogP contribution in [-0.4, -0.2) is 59.9 Å². The Morgan fingerprint density at radius 2 is 1.00 bits per heavy atom. The fourth-order valence-corrected chi connectivity index (χ4v) is 5.41. The molecule has 0 radical (unpaired) electrons. The molecule has 0 fully saturated rings. The van der Waals surface area contributed by atoms with Crippen LogP contribution in [0.2, 0.25) is 0 Å². The van der Waals surface area contributed by atoms with Crippen LogP contribution in [0.5, 0.6) is 0 Å². The molecule has 56 heavy (non-hydrogen) atoms. The number of aliphatic carboxylic acids is 1. The van der Waals surface area contributed by atoms with E-state index in [2.05, 4.69) is 103 Å². The molecule has 1 unspecified atom stereocenters. The van der Waals surface area contributed by atoms with Crippen LogP contribution in [0.25, 0.3) is 0 Å². The largest absolute Gasteiger partial charge is 0.480 e. The number of rotatable bonds is 36. The van der Waals surface area contributed by atoms with Gasteiger partial charge in [-0.05, 0) is 89.9 Å². The van der Waals surface area contributed by atoms with E-state index in [4.69, 9.17) is 24.8 Å². The summed E-state index contributed by atoms with van der Waals surface area (Å²) in [6.07, 6.45) is 47.7. The molecule has 316 valence electrons. The van der Waals surface area contributed by atoms with Gasteiger partial charge in [0.2, 0.25) is 0 Å². The number of allylic oxidation sites excluding steroid dienone is 16. The SMILES string of the molecule is CC/C=C\C/C=C\C/C=C\C/C=C\C/C=C\CCCC(=O)OC[C@H](COP(=O)(O)OC[C@H](N)C(=O)O)OC(=O)CCCC/C=C\C/C=C\C/C=C\CCCCC. The summed E-state index contributed by atoms with van der Waals surface area (Å²) in [6.45, 7) is 2.53. The van der Waals surface area contributed by atoms with Gasteiger partial charge in [-0.15, -0.1) is 0 Å². The highest BCUT2D eigenvalue weighted by molar-refractivity contribution is 7.47. The number of ether oxygens (including phenoxy) is 2. The van der Waals surface area contributed by atoms with Crippen LogP contribution in [0.3, 0.4) is 0 Å². The van der Waals surface area contributed by atoms with E-state index in [-0.39, 0.29) is 12.8 Å². The van der Waals surface area contributed by atoms with Crippen LogP contribution >= 0.6 is 7.82 Å². The number of nitrogens with two attached hydrogens (primary N) is 1. The van der Waals surface area contributed by atoms with E-state index in [0.29, 0.717) is 19.3 Å². The lowest BCUT2D eigenvalue weighted by Gasteiger charge is -2.20. The van der Waals surface area contributed by atoms with Crippen LogP contribution < -0.4 is 5.73 Å². The van der Waals surface area contributed by atoms with Crippen molar-refractivity contribution in [2.24, 2.45) is 5.73 Å². The van der Waals surface area contributed by atoms with Crippen LogP contribution in [-0.2, 0) is 37.5 Å². The first kappa shape index (κ1) is 52.4. The summed E-state index contributed by atoms with van der Waals surface area (Å²) in [4.78, 5) is 45.8. The van der Waals surface area contributed by atoms with Crippen molar-refractivity contribution in [3.63, 3.8) is 0 Å². The Hall–Kier alpha value is -3.60. The smallest absolute Gasteiger partial charge is 0.472 e. The lowest BCUT2D eigenvalue weighted by atomic mass is 10.1. The molecule has 3 atom stereocenters. The van der Waals surface area contributed by atoms with Crippen molar-refractivity contribution >= 4 is 25.7 Å². The number of carboxylic acid groups (broad SMARTS) is 1. The molecule has 0 rings (SSSR count). The summed E-state index contributed by atoms with van der Waals surface area (Å²) >= 11 is 0. The Bertz CT molecular complexity index is 1310. The number of phosphoric acid groups is 1. The van der Waals surface area contributed by atoms with Gasteiger partial charge < -0.3 is 25.2 Å². The second-order valence-electron chi connectivity index (χ2n) is 13.0. The van der Waals surface area contributed by atoms with Gasteiger partial charge in [-0.3, -0.25) is 23.4 Å². The van der Waals surface area contributed by atoms with Crippen LogP contribution in [0.4, 0.5) is 0 Å². The number of carbonyl (C=O) groups excluding carboxylic acids is 2. The van der Waals surface area contributed by atoms with Crippen molar-refractivity contribution in [2.75, 3.05) is 19.8 Å². The number of hydrogen-bond donors (Lipinski definition) is 3. The lowest BCUT2D eigenvalue weighted by Crippen LogP contribution is -2.34. The fourth-order valence-electron chi connectivity index (χ4n) is 4.63. The molecule has 4 N–H and O–H groups in total. The molecular weight excluding hydrogens is 733 g/mol. The number of hydrogen-bond acceptors (Lipinski definition) is 9. The number of esters is 2. The van der Waals surface area contributed by atoms with Gasteiger partial charge >= 0.3 is 25.7 Å². The van der Waals surface area contributed by atoms with Gasteiger partial charge in [0, 0.05) is 12.8 Å². The predicted octanol–water partition coefficient (Wildman–Crippen LogP) is 10.5. The van der Waals surface area contributed by atoms with Gasteiger partial charge in [0.15, 0.2) is 6.10 Å². The molecule has 0 aromatic rings. The van der Waals surface area contributed by atoms with Gasteiger partial charge in [-0.25, -0.2) is 4.57 Å². The minimum atomic E-state index is -4.74. The van der Waals surface area contributed by atoms with Crippen LogP contribution in [0, 0.1) is 0 Å². The van der Waals surface area contributed by atoms with Crippen LogP contribution in [0.15, 0.2) is 97.2 Å². The molecule has 0 amide bonds. The highest BCUT2D eigenvalue weighted by atomic mass is 31.2. The molecule has 11 nitrogen and oxygen atoms in total. The molecule has 0 spiro atoms. The van der Waals surface area contributed by atoms with E-state index < -0.39 is 57.7 Å². The van der Waals surface area contributed by atoms with E-state index in [1.165, 1.54) is 19.3 Å². The highest BCUT2D eigenvalue weighted by Crippen LogP contribution is 2.43. The third kappa shape index (κ3) is 37.3. The van der Waals surface area contributed by atoms with Crippen molar-refractivity contribution in [2.45, 2.75) is 142 Å². The lowest BCUT2D eigenvalue weighted by molar-refractivity contribution is -0.161. The summed E-state index contributed by atoms with van der Waals surface area (Å²) in [5.74, 6) is -2.52. The molecule has 12 heteroatoms. The highest BCUT2D eigenvalue weighted by Gasteiger charge is 2.28. The number of carboxylic acids is 1. The normalized spacial score (nSPS) is 14.8. The van der Waals surface area contributed by atoms with Gasteiger partial charge in [-0.1, -0.05) is 124 Å². The number of phosphoric ester groups is 1. The number of unbranched alkanes of at least 4 members (excludes halogenated alkanes) is 6. The van der Waals surface area contributed by atoms with Crippen LogP contribution in [0.1, 0.15) is 129 Å². The van der Waals surface area contributed by atoms with Gasteiger partial charge in [0.1, 0.15) is 12.6 Å². The van der Waals surface area contributed by atoms with Crippen molar-refractivity contribution in [3.8, 4) is 0 Å². The molecule has 0 aliphatic rings. The summed E-state index contributed by atoms with van der Waals surface area (Å²) in [5.41, 5.74) is 5.32. The van der Waals surface area contributed by atoms with Crippen molar-refractivity contribution in [1.29, 1.82) is 0 Å². The summed E-state index contributed by atoms with van der Waals surface area (Å²) < 4.78 is 32.5. The molecule has 0 aliphatic carbocycles. The van der Waals surface area contributed by atoms with Gasteiger partial charge in [0.05, 0.1) is 13.2 Å². The second kappa shape index (κ2) is 38.3. The molecule has 0 aromatic heterocycles. The summed E-state index contributed by atoms with van der Waals surface area (Å²) in [6, 6.07) is -1.54. The Labute approximate surface area is 336 Å². The minimum absolute atomic E-state index is 0.0940. The summed E-state index contributed by atoms with van der Waals surface area (Å²) in [5, 5.41) is 8.87. The minimum Gasteiger partial charge on any atom is -0.480 e. The first-order valence-electron chi connectivity index (χ1n) is 20.3. The maximum absolute atomic E-state index is 12.6. The molecule has 0 bridgehead atoms. The second-order valence-corrected chi connectivity index (χ2v) is 14.5. The van der Waals surface area contributed by atoms with Gasteiger partial charge in [-0.2, -0.15) is 0 Å². The van der Waals surface area contributed by atoms with Crippen molar-refractivity contribution in [1.82, 2.24) is 0 Å². The van der Waals surface area contributed by atoms with Gasteiger partial charge in [0.25, 0.3) is 0 Å². The third-order valence-electron chi connectivity index (χ3n) is 7.82. The zero-order valence-electron chi connectivity index (χ0n) is 33.9. The zero-order chi connectivity index (χ0) is 41.4. The van der Waals surface area contributed by atoms with E-state index in [0.717, 1.165) is 64.2 Å². The quantitative estimate of drug-likeness (QED) is 0.0238. The standard InChI is InChI=1S/C44H70NO10P/c1-3-5-7-9-11-13-15-17-19-20-22-23-25-27-29-31-33-35-42(46)52-37-40(38-53-56(50,51)54-39-41(45)44(48)49)55-43(47)36-34-32-30-28-26-24-21-18-16-14-12-10-8-6-4-2/h5,7,11-14,17-19,21-23,26-29,40-41H,3-4,6,8-10,15-16,20,24-25,30-39,45H2,1-2H3,(H,48,49)(H,50,51)/b7-5-,13-11-,14-12-,19-17-,21-18-,23-22-,28-26-,29-27-/t40-,41+/m1/s1. The average molecular weight is 804 g/mol. The predicted molar refractivity (Wildman–Crippen MR) is 226 cm³/mol. The van der Waals surface area contributed by atoms with E-state index in [1.54, 1.807) is 0 Å². The maximum atomic E-state index is 12.6. The monoisotopic (exact) mass is 803 g/mol. The van der Waals surface area contributed by atoms with Crippen molar-refractivity contribution < 1.29 is 47.5 Å². The first-order valence-corrected chi connectivity index (χ1v) is 21.8. The fraction of sp³-hybridized carbons (Fsp3) is 0.568. The topological polar surface area (TPSA) is 172 Å². The molecular formula is C44H70NO10P. The molecule has 0 aliphatic heterocycles. The third-order valence-corrected chi connectivity index (χ3v) is 8.77. The average Bonchev–Trinajstić information content (AvgIpc) is 3.17. The number of carbonyl (C=O) groups is 3. The van der Waals surface area contributed by atoms with E-state index >= 15 is 0 Å². The first-order chi connectivity index (χ1) is 27.1. The zero-order valence-corrected chi connectivity index (χ0v) is 34.8. The Kier molecular flexibility index (Phi) is 35.8. The van der Waals surface area contributed by atoms with Crippen molar-refractivity contribution in [3.05, 3.63) is 97.2 Å². The molecule has 0 aromatic carbocycles. The Morgan fingerprint density at radius 3 is 1.48 bits per heavy atom. The molecule has 0 saturated heterocycles. The van der Waals surface area contributed by atoms with E-state index in [1.807, 2.05) is 12.2 Å². The van der Waals surface area contributed by atoms with E-state index in [9.17, 15) is 23.8 Å².